The highest BCUT2D eigenvalue weighted by Gasteiger charge is 2.36. The quantitative estimate of drug-likeness (QED) is 0.897. The number of nitrogens with zero attached hydrogens (tertiary/aromatic N) is 1. The zero-order valence-electron chi connectivity index (χ0n) is 9.60. The second-order valence-corrected chi connectivity index (χ2v) is 4.20. The molecular formula is C12H13F2NO3. The first-order valence-electron chi connectivity index (χ1n) is 5.53. The normalized spacial score (nSPS) is 19.7. The molecule has 1 saturated heterocycles. The standard InChI is InChI=1S/C12H13F2NO3/c13-12(14)8-15(5-6-18-12)7-9-1-3-10(4-2-9)11(16)17/h1-4H,5-8H2,(H,16,17). The van der Waals surface area contributed by atoms with Gasteiger partial charge in [0.25, 0.3) is 0 Å². The number of carboxylic acids is 1. The molecule has 0 spiro atoms. The summed E-state index contributed by atoms with van der Waals surface area (Å²) in [6, 6.07) is 6.21. The number of aromatic carboxylic acids is 1. The van der Waals surface area contributed by atoms with Crippen molar-refractivity contribution in [1.29, 1.82) is 0 Å². The number of morpholine rings is 1. The molecule has 1 heterocycles. The molecule has 6 heteroatoms. The molecule has 0 aliphatic carbocycles. The van der Waals surface area contributed by atoms with E-state index in [-0.39, 0.29) is 12.2 Å². The first-order chi connectivity index (χ1) is 8.46. The van der Waals surface area contributed by atoms with E-state index >= 15 is 0 Å². The second kappa shape index (κ2) is 4.99. The molecule has 0 aromatic heterocycles. The minimum atomic E-state index is -3.10. The maximum Gasteiger partial charge on any atom is 0.368 e. The number of ether oxygens (including phenoxy) is 1. The van der Waals surface area contributed by atoms with Crippen LogP contribution in [0, 0.1) is 0 Å². The van der Waals surface area contributed by atoms with E-state index < -0.39 is 18.6 Å². The molecule has 1 aliphatic rings. The van der Waals surface area contributed by atoms with Gasteiger partial charge in [0.05, 0.1) is 18.7 Å². The summed E-state index contributed by atoms with van der Waals surface area (Å²) in [5.41, 5.74) is 0.990. The van der Waals surface area contributed by atoms with Gasteiger partial charge in [-0.2, -0.15) is 8.78 Å². The summed E-state index contributed by atoms with van der Waals surface area (Å²) in [6.07, 6.45) is -3.10. The van der Waals surface area contributed by atoms with Gasteiger partial charge in [-0.25, -0.2) is 4.79 Å². The van der Waals surface area contributed by atoms with E-state index in [1.807, 2.05) is 0 Å². The average Bonchev–Trinajstić information content (AvgIpc) is 2.28. The molecular weight excluding hydrogens is 244 g/mol. The summed E-state index contributed by atoms with van der Waals surface area (Å²) in [7, 11) is 0. The maximum absolute atomic E-state index is 13.0. The number of alkyl halides is 2. The Morgan fingerprint density at radius 1 is 1.39 bits per heavy atom. The van der Waals surface area contributed by atoms with Gasteiger partial charge < -0.3 is 9.84 Å². The molecule has 0 atom stereocenters. The van der Waals surface area contributed by atoms with E-state index in [2.05, 4.69) is 4.74 Å². The van der Waals surface area contributed by atoms with Crippen LogP contribution in [-0.2, 0) is 11.3 Å². The molecule has 1 fully saturated rings. The molecule has 0 bridgehead atoms. The Kier molecular flexibility index (Phi) is 3.58. The van der Waals surface area contributed by atoms with Crippen LogP contribution in [0.3, 0.4) is 0 Å². The maximum atomic E-state index is 13.0. The van der Waals surface area contributed by atoms with Gasteiger partial charge in [-0.15, -0.1) is 0 Å². The summed E-state index contributed by atoms with van der Waals surface area (Å²) >= 11 is 0. The minimum Gasteiger partial charge on any atom is -0.478 e. The van der Waals surface area contributed by atoms with Gasteiger partial charge in [0.2, 0.25) is 0 Å². The van der Waals surface area contributed by atoms with Crippen molar-refractivity contribution in [3.8, 4) is 0 Å². The van der Waals surface area contributed by atoms with Crippen molar-refractivity contribution in [1.82, 2.24) is 4.90 Å². The van der Waals surface area contributed by atoms with Crippen molar-refractivity contribution in [2.45, 2.75) is 12.7 Å². The molecule has 2 rings (SSSR count). The van der Waals surface area contributed by atoms with E-state index in [4.69, 9.17) is 5.11 Å². The first kappa shape index (κ1) is 12.9. The van der Waals surface area contributed by atoms with E-state index in [9.17, 15) is 13.6 Å². The van der Waals surface area contributed by atoms with Crippen LogP contribution in [0.25, 0.3) is 0 Å². The molecule has 0 radical (unpaired) electrons. The largest absolute Gasteiger partial charge is 0.478 e. The van der Waals surface area contributed by atoms with Gasteiger partial charge in [-0.05, 0) is 17.7 Å². The number of benzene rings is 1. The Hall–Kier alpha value is -1.53. The van der Waals surface area contributed by atoms with Crippen molar-refractivity contribution in [3.05, 3.63) is 35.4 Å². The predicted molar refractivity (Wildman–Crippen MR) is 59.6 cm³/mol. The molecule has 18 heavy (non-hydrogen) atoms. The van der Waals surface area contributed by atoms with Crippen LogP contribution in [-0.4, -0.2) is 41.8 Å². The molecule has 0 unspecified atom stereocenters. The summed E-state index contributed by atoms with van der Waals surface area (Å²) in [5, 5.41) is 8.74. The van der Waals surface area contributed by atoms with Crippen LogP contribution in [0.2, 0.25) is 0 Å². The minimum absolute atomic E-state index is 0.000208. The summed E-state index contributed by atoms with van der Waals surface area (Å²) in [5.74, 6) is -1.00. The highest BCUT2D eigenvalue weighted by molar-refractivity contribution is 5.87. The Morgan fingerprint density at radius 3 is 2.61 bits per heavy atom. The Labute approximate surface area is 103 Å². The van der Waals surface area contributed by atoms with Crippen molar-refractivity contribution in [2.24, 2.45) is 0 Å². The van der Waals surface area contributed by atoms with E-state index in [1.54, 1.807) is 17.0 Å². The van der Waals surface area contributed by atoms with Gasteiger partial charge in [0.15, 0.2) is 0 Å². The number of hydrogen-bond acceptors (Lipinski definition) is 3. The lowest BCUT2D eigenvalue weighted by atomic mass is 10.1. The van der Waals surface area contributed by atoms with Crippen LogP contribution in [0.1, 0.15) is 15.9 Å². The zero-order chi connectivity index (χ0) is 13.2. The zero-order valence-corrected chi connectivity index (χ0v) is 9.60. The van der Waals surface area contributed by atoms with Crippen molar-refractivity contribution >= 4 is 5.97 Å². The lowest BCUT2D eigenvalue weighted by Gasteiger charge is -2.32. The van der Waals surface area contributed by atoms with Crippen LogP contribution in [0.4, 0.5) is 8.78 Å². The molecule has 98 valence electrons. The van der Waals surface area contributed by atoms with Crippen LogP contribution in [0.5, 0.6) is 0 Å². The van der Waals surface area contributed by atoms with Gasteiger partial charge in [0.1, 0.15) is 0 Å². The fourth-order valence-electron chi connectivity index (χ4n) is 1.85. The molecule has 4 nitrogen and oxygen atoms in total. The summed E-state index contributed by atoms with van der Waals surface area (Å²) in [6.45, 7) is 0.364. The Bertz CT molecular complexity index is 433. The Balaban J connectivity index is 1.99. The average molecular weight is 257 g/mol. The van der Waals surface area contributed by atoms with E-state index in [1.165, 1.54) is 12.1 Å². The monoisotopic (exact) mass is 257 g/mol. The summed E-state index contributed by atoms with van der Waals surface area (Å²) < 4.78 is 30.3. The fraction of sp³-hybridized carbons (Fsp3) is 0.417. The van der Waals surface area contributed by atoms with Crippen molar-refractivity contribution in [2.75, 3.05) is 19.7 Å². The number of halogens is 2. The van der Waals surface area contributed by atoms with Crippen LogP contribution >= 0.6 is 0 Å². The smallest absolute Gasteiger partial charge is 0.368 e. The predicted octanol–water partition coefficient (Wildman–Crippen LogP) is 1.81. The van der Waals surface area contributed by atoms with E-state index in [0.29, 0.717) is 13.1 Å². The van der Waals surface area contributed by atoms with Crippen molar-refractivity contribution in [3.63, 3.8) is 0 Å². The lowest BCUT2D eigenvalue weighted by Crippen LogP contribution is -2.46. The Morgan fingerprint density at radius 2 is 2.06 bits per heavy atom. The summed E-state index contributed by atoms with van der Waals surface area (Å²) in [4.78, 5) is 12.2. The third-order valence-electron chi connectivity index (χ3n) is 2.74. The first-order valence-corrected chi connectivity index (χ1v) is 5.53. The van der Waals surface area contributed by atoms with Gasteiger partial charge >= 0.3 is 12.1 Å². The SMILES string of the molecule is O=C(O)c1ccc(CN2CCOC(F)(F)C2)cc1. The van der Waals surface area contributed by atoms with Crippen LogP contribution < -0.4 is 0 Å². The molecule has 1 aromatic carbocycles. The highest BCUT2D eigenvalue weighted by Crippen LogP contribution is 2.22. The number of carboxylic acid groups (broad SMARTS) is 1. The second-order valence-electron chi connectivity index (χ2n) is 4.20. The third kappa shape index (κ3) is 3.24. The van der Waals surface area contributed by atoms with Gasteiger partial charge in [0, 0.05) is 13.1 Å². The van der Waals surface area contributed by atoms with Gasteiger partial charge in [-0.1, -0.05) is 12.1 Å². The van der Waals surface area contributed by atoms with Crippen LogP contribution in [0.15, 0.2) is 24.3 Å². The van der Waals surface area contributed by atoms with Crippen molar-refractivity contribution < 1.29 is 23.4 Å². The number of rotatable bonds is 3. The van der Waals surface area contributed by atoms with E-state index in [0.717, 1.165) is 5.56 Å². The molecule has 1 aromatic rings. The molecule has 0 amide bonds. The third-order valence-corrected chi connectivity index (χ3v) is 2.74. The topological polar surface area (TPSA) is 49.8 Å². The molecule has 0 saturated carbocycles. The highest BCUT2D eigenvalue weighted by atomic mass is 19.3. The number of carbonyl (C=O) groups is 1. The molecule has 1 aliphatic heterocycles. The van der Waals surface area contributed by atoms with Gasteiger partial charge in [-0.3, -0.25) is 4.90 Å². The lowest BCUT2D eigenvalue weighted by molar-refractivity contribution is -0.271. The number of hydrogen-bond donors (Lipinski definition) is 1. The fourth-order valence-corrected chi connectivity index (χ4v) is 1.85. The molecule has 1 N–H and O–H groups in total.